The largest absolute Gasteiger partial charge is 0.477 e. The first-order valence-electron chi connectivity index (χ1n) is 4.99. The first kappa shape index (κ1) is 11.7. The van der Waals surface area contributed by atoms with Crippen LogP contribution in [-0.2, 0) is 11.2 Å². The Kier molecular flexibility index (Phi) is 3.48. The molecule has 0 amide bonds. The average molecular weight is 208 g/mol. The van der Waals surface area contributed by atoms with Gasteiger partial charge in [0.2, 0.25) is 0 Å². The van der Waals surface area contributed by atoms with E-state index in [9.17, 15) is 4.79 Å². The molecule has 1 rings (SSSR count). The van der Waals surface area contributed by atoms with Gasteiger partial charge in [-0.25, -0.2) is 4.79 Å². The van der Waals surface area contributed by atoms with Crippen molar-refractivity contribution in [2.24, 2.45) is 0 Å². The van der Waals surface area contributed by atoms with Crippen molar-refractivity contribution < 1.29 is 14.4 Å². The van der Waals surface area contributed by atoms with Crippen LogP contribution in [0.15, 0.2) is 30.3 Å². The van der Waals surface area contributed by atoms with Gasteiger partial charge in [-0.1, -0.05) is 30.3 Å². The number of nitrogens with zero attached hydrogens (tertiary/aromatic N) is 1. The lowest BCUT2D eigenvalue weighted by molar-refractivity contribution is -0.887. The Balaban J connectivity index is 2.82. The fourth-order valence-electron chi connectivity index (χ4n) is 1.53. The van der Waals surface area contributed by atoms with E-state index in [-0.39, 0.29) is 0 Å². The molecule has 0 aromatic heterocycles. The van der Waals surface area contributed by atoms with Crippen LogP contribution in [-0.4, -0.2) is 42.7 Å². The van der Waals surface area contributed by atoms with E-state index in [1.54, 1.807) is 0 Å². The van der Waals surface area contributed by atoms with Crippen molar-refractivity contribution in [3.63, 3.8) is 0 Å². The molecule has 82 valence electrons. The van der Waals surface area contributed by atoms with Crippen LogP contribution in [0.2, 0.25) is 0 Å². The van der Waals surface area contributed by atoms with E-state index in [1.165, 1.54) is 0 Å². The highest BCUT2D eigenvalue weighted by Crippen LogP contribution is 2.11. The van der Waals surface area contributed by atoms with Crippen molar-refractivity contribution in [1.29, 1.82) is 0 Å². The summed E-state index contributed by atoms with van der Waals surface area (Å²) in [7, 11) is 5.71. The molecule has 1 N–H and O–H groups in total. The monoisotopic (exact) mass is 208 g/mol. The molecule has 3 heteroatoms. The van der Waals surface area contributed by atoms with Gasteiger partial charge >= 0.3 is 5.97 Å². The topological polar surface area (TPSA) is 37.3 Å². The summed E-state index contributed by atoms with van der Waals surface area (Å²) in [6, 6.07) is 9.34. The third-order valence-corrected chi connectivity index (χ3v) is 2.49. The Labute approximate surface area is 90.5 Å². The Morgan fingerprint density at radius 2 is 1.80 bits per heavy atom. The van der Waals surface area contributed by atoms with Crippen LogP contribution in [0.3, 0.4) is 0 Å². The van der Waals surface area contributed by atoms with Gasteiger partial charge in [0.05, 0.1) is 21.1 Å². The molecule has 0 saturated carbocycles. The fourth-order valence-corrected chi connectivity index (χ4v) is 1.53. The van der Waals surface area contributed by atoms with Gasteiger partial charge in [-0.2, -0.15) is 0 Å². The van der Waals surface area contributed by atoms with Crippen LogP contribution in [0.25, 0.3) is 0 Å². The van der Waals surface area contributed by atoms with Gasteiger partial charge in [-0.05, 0) is 5.56 Å². The fraction of sp³-hybridized carbons (Fsp3) is 0.417. The first-order valence-corrected chi connectivity index (χ1v) is 4.99. The normalized spacial score (nSPS) is 13.5. The van der Waals surface area contributed by atoms with Gasteiger partial charge in [-0.15, -0.1) is 0 Å². The second-order valence-electron chi connectivity index (χ2n) is 4.66. The maximum absolute atomic E-state index is 11.1. The SMILES string of the molecule is C[N+](C)(C)[C@H](Cc1ccccc1)C(=O)O. The van der Waals surface area contributed by atoms with Crippen molar-refractivity contribution in [3.8, 4) is 0 Å². The molecule has 3 nitrogen and oxygen atoms in total. The zero-order chi connectivity index (χ0) is 11.5. The summed E-state index contributed by atoms with van der Waals surface area (Å²) in [6.07, 6.45) is 0.569. The zero-order valence-electron chi connectivity index (χ0n) is 9.47. The van der Waals surface area contributed by atoms with Gasteiger partial charge in [0.1, 0.15) is 0 Å². The van der Waals surface area contributed by atoms with E-state index in [0.717, 1.165) is 5.56 Å². The third kappa shape index (κ3) is 3.36. The van der Waals surface area contributed by atoms with Crippen LogP contribution in [0.4, 0.5) is 0 Å². The van der Waals surface area contributed by atoms with Gasteiger partial charge in [0, 0.05) is 6.42 Å². The predicted octanol–water partition coefficient (Wildman–Crippen LogP) is 1.39. The Bertz CT molecular complexity index is 327. The minimum Gasteiger partial charge on any atom is -0.477 e. The van der Waals surface area contributed by atoms with Crippen molar-refractivity contribution in [2.75, 3.05) is 21.1 Å². The summed E-state index contributed by atoms with van der Waals surface area (Å²) in [4.78, 5) is 11.1. The molecule has 0 aliphatic heterocycles. The van der Waals surface area contributed by atoms with E-state index in [1.807, 2.05) is 51.5 Å². The lowest BCUT2D eigenvalue weighted by Crippen LogP contribution is -2.51. The Morgan fingerprint density at radius 3 is 2.20 bits per heavy atom. The number of benzene rings is 1. The van der Waals surface area contributed by atoms with E-state index >= 15 is 0 Å². The molecule has 0 fully saturated rings. The highest BCUT2D eigenvalue weighted by atomic mass is 16.4. The predicted molar refractivity (Wildman–Crippen MR) is 59.6 cm³/mol. The molecule has 0 radical (unpaired) electrons. The van der Waals surface area contributed by atoms with E-state index in [2.05, 4.69) is 0 Å². The number of likely N-dealkylation sites (N-methyl/N-ethyl adjacent to an activating group) is 1. The number of carboxylic acids is 1. The second-order valence-corrected chi connectivity index (χ2v) is 4.66. The van der Waals surface area contributed by atoms with Gasteiger partial charge in [0.25, 0.3) is 0 Å². The van der Waals surface area contributed by atoms with Gasteiger partial charge in [-0.3, -0.25) is 0 Å². The molecule has 0 unspecified atom stereocenters. The quantitative estimate of drug-likeness (QED) is 0.759. The molecule has 15 heavy (non-hydrogen) atoms. The zero-order valence-corrected chi connectivity index (χ0v) is 9.47. The maximum Gasteiger partial charge on any atom is 0.362 e. The van der Waals surface area contributed by atoms with Crippen molar-refractivity contribution in [1.82, 2.24) is 0 Å². The molecule has 0 aliphatic rings. The highest BCUT2D eigenvalue weighted by molar-refractivity contribution is 5.72. The summed E-state index contributed by atoms with van der Waals surface area (Å²) in [5, 5.41) is 9.15. The standard InChI is InChI=1S/C12H17NO2/c1-13(2,3)11(12(14)15)9-10-7-5-4-6-8-10/h4-8,11H,9H2,1-3H3/p+1/t11-/m1/s1. The minimum atomic E-state index is -0.744. The molecule has 0 heterocycles. The lowest BCUT2D eigenvalue weighted by atomic mass is 10.0. The summed E-state index contributed by atoms with van der Waals surface area (Å²) >= 11 is 0. The number of aliphatic carboxylic acids is 1. The number of rotatable bonds is 4. The Morgan fingerprint density at radius 1 is 1.27 bits per heavy atom. The van der Waals surface area contributed by atoms with Gasteiger partial charge in [0.15, 0.2) is 6.04 Å². The highest BCUT2D eigenvalue weighted by Gasteiger charge is 2.31. The third-order valence-electron chi connectivity index (χ3n) is 2.49. The van der Waals surface area contributed by atoms with E-state index in [4.69, 9.17) is 5.11 Å². The van der Waals surface area contributed by atoms with Crippen LogP contribution >= 0.6 is 0 Å². The number of carboxylic acid groups (broad SMARTS) is 1. The summed E-state index contributed by atoms with van der Waals surface area (Å²) < 4.78 is 0.435. The van der Waals surface area contributed by atoms with Crippen LogP contribution in [0, 0.1) is 0 Å². The molecule has 0 spiro atoms. The molecule has 1 atom stereocenters. The molecular weight excluding hydrogens is 190 g/mol. The number of hydrogen-bond acceptors (Lipinski definition) is 1. The lowest BCUT2D eigenvalue weighted by Gasteiger charge is -2.31. The Hall–Kier alpha value is -1.35. The first-order chi connectivity index (χ1) is 6.91. The summed E-state index contributed by atoms with van der Waals surface area (Å²) in [5.74, 6) is -0.744. The van der Waals surface area contributed by atoms with Crippen LogP contribution < -0.4 is 0 Å². The number of quaternary nitrogens is 1. The summed E-state index contributed by atoms with van der Waals surface area (Å²) in [5.41, 5.74) is 1.07. The minimum absolute atomic E-state index is 0.396. The van der Waals surface area contributed by atoms with Crippen molar-refractivity contribution >= 4 is 5.97 Å². The second kappa shape index (κ2) is 4.45. The van der Waals surface area contributed by atoms with Crippen molar-refractivity contribution in [2.45, 2.75) is 12.5 Å². The molecule has 1 aromatic carbocycles. The number of hydrogen-bond donors (Lipinski definition) is 1. The van der Waals surface area contributed by atoms with Crippen molar-refractivity contribution in [3.05, 3.63) is 35.9 Å². The molecular formula is C12H18NO2+. The molecule has 0 aliphatic carbocycles. The molecule has 0 saturated heterocycles. The molecule has 1 aromatic rings. The molecule has 0 bridgehead atoms. The van der Waals surface area contributed by atoms with E-state index < -0.39 is 12.0 Å². The van der Waals surface area contributed by atoms with E-state index in [0.29, 0.717) is 10.9 Å². The maximum atomic E-state index is 11.1. The van der Waals surface area contributed by atoms with Gasteiger partial charge < -0.3 is 9.59 Å². The summed E-state index contributed by atoms with van der Waals surface area (Å²) in [6.45, 7) is 0. The van der Waals surface area contributed by atoms with Crippen LogP contribution in [0.1, 0.15) is 5.56 Å². The smallest absolute Gasteiger partial charge is 0.362 e. The van der Waals surface area contributed by atoms with Crippen LogP contribution in [0.5, 0.6) is 0 Å². The number of carbonyl (C=O) groups is 1. The average Bonchev–Trinajstić information content (AvgIpc) is 2.13.